The Kier molecular flexibility index (Phi) is 3.87. The minimum absolute atomic E-state index is 0.0471. The van der Waals surface area contributed by atoms with Crippen molar-refractivity contribution in [3.05, 3.63) is 11.7 Å². The highest BCUT2D eigenvalue weighted by atomic mass is 16.5. The largest absolute Gasteiger partial charge is 0.381 e. The molecule has 2 saturated heterocycles. The van der Waals surface area contributed by atoms with Gasteiger partial charge in [-0.25, -0.2) is 0 Å². The molecule has 0 bridgehead atoms. The van der Waals surface area contributed by atoms with Crippen LogP contribution in [0.1, 0.15) is 56.2 Å². The zero-order valence-electron chi connectivity index (χ0n) is 13.8. The summed E-state index contributed by atoms with van der Waals surface area (Å²) in [6.07, 6.45) is 6.41. The summed E-state index contributed by atoms with van der Waals surface area (Å²) in [5.74, 6) is 2.09. The number of carbonyl (C=O) groups is 1. The summed E-state index contributed by atoms with van der Waals surface area (Å²) in [6.45, 7) is 4.90. The van der Waals surface area contributed by atoms with Gasteiger partial charge in [0.05, 0.1) is 5.92 Å². The fourth-order valence-corrected chi connectivity index (χ4v) is 4.65. The third-order valence-electron chi connectivity index (χ3n) is 5.99. The molecule has 0 aromatic carbocycles. The summed E-state index contributed by atoms with van der Waals surface area (Å²) < 4.78 is 11.1. The minimum Gasteiger partial charge on any atom is -0.381 e. The van der Waals surface area contributed by atoms with E-state index < -0.39 is 0 Å². The summed E-state index contributed by atoms with van der Waals surface area (Å²) in [5.41, 5.74) is 0.0471. The average Bonchev–Trinajstić information content (AvgIpc) is 3.28. The Bertz CT molecular complexity index is 573. The van der Waals surface area contributed by atoms with Crippen molar-refractivity contribution < 1.29 is 14.1 Å². The molecule has 1 spiro atoms. The second kappa shape index (κ2) is 5.89. The van der Waals surface area contributed by atoms with E-state index in [1.165, 1.54) is 12.8 Å². The van der Waals surface area contributed by atoms with Gasteiger partial charge in [0, 0.05) is 37.6 Å². The molecule has 1 saturated carbocycles. The van der Waals surface area contributed by atoms with E-state index in [0.29, 0.717) is 17.6 Å². The van der Waals surface area contributed by atoms with Gasteiger partial charge in [0.15, 0.2) is 5.82 Å². The fourth-order valence-electron chi connectivity index (χ4n) is 4.65. The maximum atomic E-state index is 12.9. The van der Waals surface area contributed by atoms with Crippen LogP contribution in [-0.4, -0.2) is 47.3 Å². The monoisotopic (exact) mass is 319 g/mol. The summed E-state index contributed by atoms with van der Waals surface area (Å²) in [6, 6.07) is 0. The zero-order valence-corrected chi connectivity index (χ0v) is 13.8. The molecule has 1 amide bonds. The predicted octanol–water partition coefficient (Wildman–Crippen LogP) is 2.29. The molecule has 1 aromatic heterocycles. The first-order chi connectivity index (χ1) is 11.2. The molecular weight excluding hydrogens is 294 g/mol. The molecule has 1 aliphatic carbocycles. The molecule has 0 radical (unpaired) electrons. The van der Waals surface area contributed by atoms with Crippen LogP contribution in [0.5, 0.6) is 0 Å². The van der Waals surface area contributed by atoms with E-state index in [2.05, 4.69) is 15.0 Å². The van der Waals surface area contributed by atoms with E-state index >= 15 is 0 Å². The SMILES string of the molecule is Cc1noc([C@H]2CN(C(=O)C3CCCC3)CC23CCOCC3)n1. The molecular formula is C17H25N3O3. The van der Waals surface area contributed by atoms with Crippen LogP contribution in [0.25, 0.3) is 0 Å². The Hall–Kier alpha value is -1.43. The predicted molar refractivity (Wildman–Crippen MR) is 82.8 cm³/mol. The van der Waals surface area contributed by atoms with E-state index in [4.69, 9.17) is 9.26 Å². The first-order valence-corrected chi connectivity index (χ1v) is 8.85. The summed E-state index contributed by atoms with van der Waals surface area (Å²) >= 11 is 0. The van der Waals surface area contributed by atoms with Crippen LogP contribution in [0.15, 0.2) is 4.52 Å². The highest BCUT2D eigenvalue weighted by molar-refractivity contribution is 5.79. The smallest absolute Gasteiger partial charge is 0.232 e. The van der Waals surface area contributed by atoms with Crippen LogP contribution >= 0.6 is 0 Å². The Morgan fingerprint density at radius 3 is 2.65 bits per heavy atom. The quantitative estimate of drug-likeness (QED) is 0.836. The highest BCUT2D eigenvalue weighted by Crippen LogP contribution is 2.49. The van der Waals surface area contributed by atoms with Crippen molar-refractivity contribution in [3.63, 3.8) is 0 Å². The number of rotatable bonds is 2. The van der Waals surface area contributed by atoms with Crippen LogP contribution in [0.3, 0.4) is 0 Å². The standard InChI is InChI=1S/C17H25N3O3/c1-12-18-15(23-19-12)14-10-20(16(21)13-4-2-3-5-13)11-17(14)6-8-22-9-7-17/h13-14H,2-11H2,1H3/t14-/m1/s1. The van der Waals surface area contributed by atoms with Gasteiger partial charge in [-0.05, 0) is 32.6 Å². The van der Waals surface area contributed by atoms with Gasteiger partial charge < -0.3 is 14.2 Å². The number of amides is 1. The molecule has 3 heterocycles. The highest BCUT2D eigenvalue weighted by Gasteiger charge is 2.52. The van der Waals surface area contributed by atoms with Crippen LogP contribution < -0.4 is 0 Å². The van der Waals surface area contributed by atoms with Crippen LogP contribution in [-0.2, 0) is 9.53 Å². The van der Waals surface area contributed by atoms with E-state index in [1.54, 1.807) is 0 Å². The van der Waals surface area contributed by atoms with E-state index in [-0.39, 0.29) is 17.3 Å². The minimum atomic E-state index is 0.0471. The molecule has 3 aliphatic rings. The number of nitrogens with zero attached hydrogens (tertiary/aromatic N) is 3. The Labute approximate surface area is 136 Å². The number of aromatic nitrogens is 2. The summed E-state index contributed by atoms with van der Waals surface area (Å²) in [7, 11) is 0. The van der Waals surface area contributed by atoms with Gasteiger partial charge in [0.1, 0.15) is 0 Å². The number of carbonyl (C=O) groups excluding carboxylic acids is 1. The number of likely N-dealkylation sites (tertiary alicyclic amines) is 1. The van der Waals surface area contributed by atoms with Crippen molar-refractivity contribution in [1.82, 2.24) is 15.0 Å². The molecule has 4 rings (SSSR count). The van der Waals surface area contributed by atoms with Crippen LogP contribution in [0.2, 0.25) is 0 Å². The molecule has 6 nitrogen and oxygen atoms in total. The molecule has 1 atom stereocenters. The van der Waals surface area contributed by atoms with Gasteiger partial charge in [-0.1, -0.05) is 18.0 Å². The van der Waals surface area contributed by atoms with E-state index in [1.807, 2.05) is 6.92 Å². The number of ether oxygens (including phenoxy) is 1. The van der Waals surface area contributed by atoms with Gasteiger partial charge in [-0.3, -0.25) is 4.79 Å². The van der Waals surface area contributed by atoms with Gasteiger partial charge in [0.2, 0.25) is 11.8 Å². The third kappa shape index (κ3) is 2.67. The fraction of sp³-hybridized carbons (Fsp3) is 0.824. The maximum absolute atomic E-state index is 12.9. The van der Waals surface area contributed by atoms with Crippen LogP contribution in [0, 0.1) is 18.3 Å². The van der Waals surface area contributed by atoms with Gasteiger partial charge in [-0.15, -0.1) is 0 Å². The lowest BCUT2D eigenvalue weighted by atomic mass is 9.72. The molecule has 6 heteroatoms. The Morgan fingerprint density at radius 2 is 2.00 bits per heavy atom. The molecule has 23 heavy (non-hydrogen) atoms. The first kappa shape index (κ1) is 15.1. The number of hydrogen-bond acceptors (Lipinski definition) is 5. The average molecular weight is 319 g/mol. The lowest BCUT2D eigenvalue weighted by Crippen LogP contribution is -2.38. The zero-order chi connectivity index (χ0) is 15.9. The Balaban J connectivity index is 1.59. The van der Waals surface area contributed by atoms with Gasteiger partial charge in [0.25, 0.3) is 0 Å². The first-order valence-electron chi connectivity index (χ1n) is 8.85. The molecule has 2 aliphatic heterocycles. The van der Waals surface area contributed by atoms with Crippen molar-refractivity contribution in [2.45, 2.75) is 51.4 Å². The van der Waals surface area contributed by atoms with Crippen molar-refractivity contribution in [2.75, 3.05) is 26.3 Å². The van der Waals surface area contributed by atoms with Crippen molar-refractivity contribution >= 4 is 5.91 Å². The van der Waals surface area contributed by atoms with E-state index in [0.717, 1.165) is 52.0 Å². The number of hydrogen-bond donors (Lipinski definition) is 0. The molecule has 0 unspecified atom stereocenters. The molecule has 0 N–H and O–H groups in total. The summed E-state index contributed by atoms with van der Waals surface area (Å²) in [4.78, 5) is 19.4. The van der Waals surface area contributed by atoms with Gasteiger partial charge >= 0.3 is 0 Å². The van der Waals surface area contributed by atoms with Crippen molar-refractivity contribution in [3.8, 4) is 0 Å². The molecule has 126 valence electrons. The topological polar surface area (TPSA) is 68.5 Å². The number of aryl methyl sites for hydroxylation is 1. The lowest BCUT2D eigenvalue weighted by molar-refractivity contribution is -0.135. The third-order valence-corrected chi connectivity index (χ3v) is 5.99. The Morgan fingerprint density at radius 1 is 1.26 bits per heavy atom. The second-order valence-electron chi connectivity index (χ2n) is 7.41. The molecule has 1 aromatic rings. The normalized spacial score (nSPS) is 27.9. The van der Waals surface area contributed by atoms with E-state index in [9.17, 15) is 4.79 Å². The van der Waals surface area contributed by atoms with Crippen molar-refractivity contribution in [1.29, 1.82) is 0 Å². The maximum Gasteiger partial charge on any atom is 0.232 e. The van der Waals surface area contributed by atoms with Gasteiger partial charge in [-0.2, -0.15) is 4.98 Å². The summed E-state index contributed by atoms with van der Waals surface area (Å²) in [5, 5.41) is 3.97. The molecule has 3 fully saturated rings. The second-order valence-corrected chi connectivity index (χ2v) is 7.41. The van der Waals surface area contributed by atoms with Crippen molar-refractivity contribution in [2.24, 2.45) is 11.3 Å². The van der Waals surface area contributed by atoms with Crippen LogP contribution in [0.4, 0.5) is 0 Å². The lowest BCUT2D eigenvalue weighted by Gasteiger charge is -2.36.